The number of rotatable bonds is 4. The molecule has 2 N–H and O–H groups in total. The van der Waals surface area contributed by atoms with Crippen LogP contribution in [0.15, 0.2) is 0 Å². The van der Waals surface area contributed by atoms with Crippen LogP contribution in [0.4, 0.5) is 0 Å². The summed E-state index contributed by atoms with van der Waals surface area (Å²) in [5.41, 5.74) is 0.429. The van der Waals surface area contributed by atoms with Gasteiger partial charge in [-0.25, -0.2) is 0 Å². The fourth-order valence-corrected chi connectivity index (χ4v) is 5.31. The number of hydrogen-bond donors (Lipinski definition) is 2. The van der Waals surface area contributed by atoms with E-state index in [0.29, 0.717) is 18.0 Å². The van der Waals surface area contributed by atoms with Crippen LogP contribution in [0, 0.1) is 23.2 Å². The topological polar surface area (TPSA) is 41.1 Å². The van der Waals surface area contributed by atoms with E-state index in [1.807, 2.05) is 7.05 Å². The van der Waals surface area contributed by atoms with Gasteiger partial charge >= 0.3 is 0 Å². The Morgan fingerprint density at radius 2 is 1.67 bits per heavy atom. The molecule has 0 heterocycles. The molecule has 0 saturated heterocycles. The van der Waals surface area contributed by atoms with Gasteiger partial charge in [0.2, 0.25) is 5.91 Å². The third-order valence-corrected chi connectivity index (χ3v) is 5.72. The van der Waals surface area contributed by atoms with Gasteiger partial charge in [0.05, 0.1) is 6.54 Å². The van der Waals surface area contributed by atoms with Crippen LogP contribution in [0.5, 0.6) is 0 Å². The van der Waals surface area contributed by atoms with Crippen molar-refractivity contribution in [3.63, 3.8) is 0 Å². The van der Waals surface area contributed by atoms with E-state index in [-0.39, 0.29) is 5.91 Å². The van der Waals surface area contributed by atoms with E-state index in [0.717, 1.165) is 17.8 Å². The zero-order valence-electron chi connectivity index (χ0n) is 11.7. The first-order valence-corrected chi connectivity index (χ1v) is 7.55. The molecule has 0 aromatic carbocycles. The number of carbonyl (C=O) groups excluding carboxylic acids is 1. The van der Waals surface area contributed by atoms with Gasteiger partial charge in [-0.1, -0.05) is 0 Å². The van der Waals surface area contributed by atoms with Crippen molar-refractivity contribution in [3.05, 3.63) is 0 Å². The van der Waals surface area contributed by atoms with Crippen molar-refractivity contribution in [2.45, 2.75) is 51.5 Å². The Labute approximate surface area is 110 Å². The van der Waals surface area contributed by atoms with Gasteiger partial charge in [-0.15, -0.1) is 0 Å². The van der Waals surface area contributed by atoms with Crippen LogP contribution in [0.2, 0.25) is 0 Å². The molecule has 0 spiro atoms. The molecule has 0 aromatic rings. The molecule has 4 bridgehead atoms. The predicted molar refractivity (Wildman–Crippen MR) is 72.1 cm³/mol. The minimum absolute atomic E-state index is 0.153. The summed E-state index contributed by atoms with van der Waals surface area (Å²) in [6, 6.07) is 0.353. The van der Waals surface area contributed by atoms with Crippen molar-refractivity contribution >= 4 is 5.91 Å². The lowest BCUT2D eigenvalue weighted by atomic mass is 9.48. The largest absolute Gasteiger partial charge is 0.352 e. The molecule has 4 aliphatic carbocycles. The lowest BCUT2D eigenvalue weighted by molar-refractivity contribution is -0.125. The van der Waals surface area contributed by atoms with Crippen molar-refractivity contribution in [2.75, 3.05) is 13.6 Å². The number of carbonyl (C=O) groups is 1. The summed E-state index contributed by atoms with van der Waals surface area (Å²) < 4.78 is 0. The van der Waals surface area contributed by atoms with Crippen LogP contribution >= 0.6 is 0 Å². The highest BCUT2D eigenvalue weighted by Crippen LogP contribution is 2.61. The molecule has 18 heavy (non-hydrogen) atoms. The number of hydrogen-bond acceptors (Lipinski definition) is 2. The lowest BCUT2D eigenvalue weighted by Crippen LogP contribution is -2.56. The smallest absolute Gasteiger partial charge is 0.234 e. The van der Waals surface area contributed by atoms with Crippen LogP contribution in [-0.4, -0.2) is 25.5 Å². The van der Waals surface area contributed by atoms with Crippen LogP contribution in [0.3, 0.4) is 0 Å². The third kappa shape index (κ3) is 2.07. The second-order valence-corrected chi connectivity index (χ2v) is 7.10. The molecule has 3 nitrogen and oxygen atoms in total. The average molecular weight is 250 g/mol. The van der Waals surface area contributed by atoms with Crippen molar-refractivity contribution in [3.8, 4) is 0 Å². The van der Waals surface area contributed by atoms with E-state index in [2.05, 4.69) is 17.6 Å². The molecular weight excluding hydrogens is 224 g/mol. The van der Waals surface area contributed by atoms with Crippen LogP contribution in [0.25, 0.3) is 0 Å². The standard InChI is InChI=1S/C15H26N2O/c1-10(17-14(18)9-16-2)15-6-11-3-12(7-15)5-13(4-11)8-15/h10-13,16H,3-9H2,1-2H3,(H,17,18)/t10-,11?,12?,13?,15?/m1/s1. The molecular formula is C15H26N2O. The SMILES string of the molecule is CNCC(=O)N[C@H](C)C12CC3CC(CC(C3)C1)C2. The highest BCUT2D eigenvalue weighted by molar-refractivity contribution is 5.78. The van der Waals surface area contributed by atoms with E-state index in [4.69, 9.17) is 0 Å². The van der Waals surface area contributed by atoms with Crippen LogP contribution < -0.4 is 10.6 Å². The summed E-state index contributed by atoms with van der Waals surface area (Å²) >= 11 is 0. The Hall–Kier alpha value is -0.570. The first-order valence-electron chi connectivity index (χ1n) is 7.55. The van der Waals surface area contributed by atoms with Gasteiger partial charge in [-0.2, -0.15) is 0 Å². The molecule has 0 unspecified atom stereocenters. The summed E-state index contributed by atoms with van der Waals surface area (Å²) in [6.45, 7) is 2.68. The van der Waals surface area contributed by atoms with Crippen molar-refractivity contribution in [1.82, 2.24) is 10.6 Å². The van der Waals surface area contributed by atoms with Gasteiger partial charge in [-0.3, -0.25) is 4.79 Å². The van der Waals surface area contributed by atoms with E-state index in [1.54, 1.807) is 0 Å². The Morgan fingerprint density at radius 3 is 2.11 bits per heavy atom. The fraction of sp³-hybridized carbons (Fsp3) is 0.933. The summed E-state index contributed by atoms with van der Waals surface area (Å²) in [7, 11) is 1.83. The van der Waals surface area contributed by atoms with Gasteiger partial charge in [-0.05, 0) is 75.7 Å². The first kappa shape index (κ1) is 12.5. The van der Waals surface area contributed by atoms with Crippen molar-refractivity contribution in [1.29, 1.82) is 0 Å². The number of nitrogens with one attached hydrogen (secondary N) is 2. The van der Waals surface area contributed by atoms with Gasteiger partial charge in [0.25, 0.3) is 0 Å². The van der Waals surface area contributed by atoms with Gasteiger partial charge in [0.1, 0.15) is 0 Å². The van der Waals surface area contributed by atoms with Crippen molar-refractivity contribution < 1.29 is 4.79 Å². The second kappa shape index (κ2) is 4.52. The fourth-order valence-electron chi connectivity index (χ4n) is 5.31. The molecule has 1 atom stereocenters. The van der Waals surface area contributed by atoms with Crippen LogP contribution in [0.1, 0.15) is 45.4 Å². The Kier molecular flexibility index (Phi) is 3.13. The summed E-state index contributed by atoms with van der Waals surface area (Å²) in [5.74, 6) is 3.03. The second-order valence-electron chi connectivity index (χ2n) is 7.10. The normalized spacial score (nSPS) is 42.9. The minimum atomic E-state index is 0.153. The number of amides is 1. The molecule has 0 aromatic heterocycles. The zero-order valence-corrected chi connectivity index (χ0v) is 11.7. The Morgan fingerprint density at radius 1 is 1.17 bits per heavy atom. The van der Waals surface area contributed by atoms with Crippen molar-refractivity contribution in [2.24, 2.45) is 23.2 Å². The summed E-state index contributed by atoms with van der Waals surface area (Å²) in [4.78, 5) is 11.8. The molecule has 3 heteroatoms. The summed E-state index contributed by atoms with van der Waals surface area (Å²) in [5, 5.41) is 6.17. The predicted octanol–water partition coefficient (Wildman–Crippen LogP) is 1.93. The Balaban J connectivity index is 1.69. The molecule has 4 saturated carbocycles. The van der Waals surface area contributed by atoms with E-state index < -0.39 is 0 Å². The summed E-state index contributed by atoms with van der Waals surface area (Å²) in [6.07, 6.45) is 8.49. The molecule has 4 rings (SSSR count). The quantitative estimate of drug-likeness (QED) is 0.800. The molecule has 4 aliphatic rings. The lowest BCUT2D eigenvalue weighted by Gasteiger charge is -2.59. The molecule has 102 valence electrons. The Bertz CT molecular complexity index is 304. The average Bonchev–Trinajstić information content (AvgIpc) is 2.27. The first-order chi connectivity index (χ1) is 8.61. The minimum Gasteiger partial charge on any atom is -0.352 e. The highest BCUT2D eigenvalue weighted by atomic mass is 16.1. The van der Waals surface area contributed by atoms with E-state index in [9.17, 15) is 4.79 Å². The zero-order chi connectivity index (χ0) is 12.8. The highest BCUT2D eigenvalue weighted by Gasteiger charge is 2.53. The molecule has 4 fully saturated rings. The van der Waals surface area contributed by atoms with Gasteiger partial charge < -0.3 is 10.6 Å². The molecule has 0 aliphatic heterocycles. The maximum absolute atomic E-state index is 11.8. The van der Waals surface area contributed by atoms with Gasteiger partial charge in [0.15, 0.2) is 0 Å². The van der Waals surface area contributed by atoms with Gasteiger partial charge in [0, 0.05) is 6.04 Å². The van der Waals surface area contributed by atoms with E-state index in [1.165, 1.54) is 38.5 Å². The van der Waals surface area contributed by atoms with Crippen LogP contribution in [-0.2, 0) is 4.79 Å². The maximum atomic E-state index is 11.8. The molecule has 1 amide bonds. The monoisotopic (exact) mass is 250 g/mol. The third-order valence-electron chi connectivity index (χ3n) is 5.72. The molecule has 0 radical (unpaired) electrons. The van der Waals surface area contributed by atoms with E-state index >= 15 is 0 Å². The maximum Gasteiger partial charge on any atom is 0.234 e. The number of likely N-dealkylation sites (N-methyl/N-ethyl adjacent to an activating group) is 1.